The minimum atomic E-state index is -3.58. The molecule has 2 heterocycles. The fraction of sp³-hybridized carbons (Fsp3) is 0.667. The molecule has 2 aliphatic heterocycles. The molecule has 0 radical (unpaired) electrons. The smallest absolute Gasteiger partial charge is 0.251 e. The molecular formula is C21H34N3O4S+. The quantitative estimate of drug-likeness (QED) is 0.631. The molecule has 1 aromatic rings. The van der Waals surface area contributed by atoms with Gasteiger partial charge in [-0.05, 0) is 57.4 Å². The number of carbonyl (C=O) groups excluding carboxylic acids is 1. The highest BCUT2D eigenvalue weighted by Gasteiger charge is 2.32. The number of hydrogen-bond acceptors (Lipinski definition) is 4. The molecule has 7 nitrogen and oxygen atoms in total. The summed E-state index contributed by atoms with van der Waals surface area (Å²) in [5, 5.41) is 2.94. The number of rotatable bonds is 7. The van der Waals surface area contributed by atoms with Crippen LogP contribution in [0.4, 0.5) is 0 Å². The van der Waals surface area contributed by atoms with Gasteiger partial charge in [-0.2, -0.15) is 4.31 Å². The SMILES string of the molecule is C[C@@H]1CN(S(=O)(=O)c2ccc(C(=O)NCCC[NH+]3CCCCC3)cc2)C[C@@H](C)O1. The maximum atomic E-state index is 12.9. The Labute approximate surface area is 174 Å². The third-order valence-electron chi connectivity index (χ3n) is 5.69. The molecule has 1 amide bonds. The van der Waals surface area contributed by atoms with Crippen molar-refractivity contribution < 1.29 is 22.8 Å². The molecule has 0 saturated carbocycles. The normalized spacial score (nSPS) is 24.3. The van der Waals surface area contributed by atoms with Crippen LogP contribution in [-0.4, -0.2) is 70.1 Å². The number of piperidine rings is 1. The molecule has 2 N–H and O–H groups in total. The average Bonchev–Trinajstić information content (AvgIpc) is 2.71. The molecule has 0 aromatic heterocycles. The van der Waals surface area contributed by atoms with E-state index in [4.69, 9.17) is 4.74 Å². The zero-order valence-corrected chi connectivity index (χ0v) is 18.3. The summed E-state index contributed by atoms with van der Waals surface area (Å²) in [7, 11) is -3.58. The Hall–Kier alpha value is -1.48. The Morgan fingerprint density at radius 2 is 1.72 bits per heavy atom. The van der Waals surface area contributed by atoms with Crippen LogP contribution >= 0.6 is 0 Å². The summed E-state index contributed by atoms with van der Waals surface area (Å²) < 4.78 is 32.9. The fourth-order valence-electron chi connectivity index (χ4n) is 4.20. The predicted molar refractivity (Wildman–Crippen MR) is 112 cm³/mol. The van der Waals surface area contributed by atoms with E-state index in [0.29, 0.717) is 25.2 Å². The number of amides is 1. The van der Waals surface area contributed by atoms with Gasteiger partial charge in [0.15, 0.2) is 0 Å². The van der Waals surface area contributed by atoms with E-state index in [0.717, 1.165) is 13.0 Å². The molecule has 0 unspecified atom stereocenters. The van der Waals surface area contributed by atoms with E-state index in [-0.39, 0.29) is 23.0 Å². The third-order valence-corrected chi connectivity index (χ3v) is 7.54. The summed E-state index contributed by atoms with van der Waals surface area (Å²) in [5.41, 5.74) is 0.484. The molecule has 0 spiro atoms. The van der Waals surface area contributed by atoms with Gasteiger partial charge in [-0.3, -0.25) is 4.79 Å². The Kier molecular flexibility index (Phi) is 7.67. The highest BCUT2D eigenvalue weighted by molar-refractivity contribution is 7.89. The van der Waals surface area contributed by atoms with Gasteiger partial charge >= 0.3 is 0 Å². The molecule has 2 atom stereocenters. The first-order valence-corrected chi connectivity index (χ1v) is 12.2. The predicted octanol–water partition coefficient (Wildman–Crippen LogP) is 0.673. The lowest BCUT2D eigenvalue weighted by Crippen LogP contribution is -3.12. The molecule has 3 rings (SSSR count). The highest BCUT2D eigenvalue weighted by Crippen LogP contribution is 2.21. The van der Waals surface area contributed by atoms with Crippen LogP contribution in [0.5, 0.6) is 0 Å². The van der Waals surface area contributed by atoms with Gasteiger partial charge in [-0.1, -0.05) is 0 Å². The van der Waals surface area contributed by atoms with E-state index < -0.39 is 10.0 Å². The number of carbonyl (C=O) groups is 1. The van der Waals surface area contributed by atoms with Crippen molar-refractivity contribution in [1.29, 1.82) is 0 Å². The van der Waals surface area contributed by atoms with E-state index in [1.54, 1.807) is 17.0 Å². The molecular weight excluding hydrogens is 390 g/mol. The van der Waals surface area contributed by atoms with Crippen LogP contribution in [0.15, 0.2) is 29.2 Å². The Balaban J connectivity index is 1.51. The molecule has 2 aliphatic rings. The molecule has 162 valence electrons. The van der Waals surface area contributed by atoms with Crippen LogP contribution in [0.1, 0.15) is 49.9 Å². The number of morpholine rings is 1. The van der Waals surface area contributed by atoms with Gasteiger partial charge in [-0.15, -0.1) is 0 Å². The minimum Gasteiger partial charge on any atom is -0.373 e. The lowest BCUT2D eigenvalue weighted by atomic mass is 10.1. The van der Waals surface area contributed by atoms with Gasteiger partial charge in [-0.25, -0.2) is 8.42 Å². The minimum absolute atomic E-state index is 0.134. The van der Waals surface area contributed by atoms with E-state index in [1.165, 1.54) is 48.8 Å². The van der Waals surface area contributed by atoms with E-state index in [2.05, 4.69) is 5.32 Å². The highest BCUT2D eigenvalue weighted by atomic mass is 32.2. The van der Waals surface area contributed by atoms with E-state index in [9.17, 15) is 13.2 Å². The number of benzene rings is 1. The number of ether oxygens (including phenoxy) is 1. The van der Waals surface area contributed by atoms with Crippen molar-refractivity contribution in [1.82, 2.24) is 9.62 Å². The summed E-state index contributed by atoms with van der Waals surface area (Å²) in [6.07, 6.45) is 4.64. The Morgan fingerprint density at radius 3 is 2.34 bits per heavy atom. The van der Waals surface area contributed by atoms with Crippen molar-refractivity contribution in [3.05, 3.63) is 29.8 Å². The van der Waals surface area contributed by atoms with Gasteiger partial charge in [0, 0.05) is 31.6 Å². The number of quaternary nitrogens is 1. The summed E-state index contributed by atoms with van der Waals surface area (Å²) in [5.74, 6) is -0.156. The Bertz CT molecular complexity index is 766. The Morgan fingerprint density at radius 1 is 1.10 bits per heavy atom. The van der Waals surface area contributed by atoms with Crippen LogP contribution < -0.4 is 10.2 Å². The van der Waals surface area contributed by atoms with Crippen LogP contribution in [0.2, 0.25) is 0 Å². The van der Waals surface area contributed by atoms with E-state index in [1.807, 2.05) is 13.8 Å². The fourth-order valence-corrected chi connectivity index (χ4v) is 5.79. The van der Waals surface area contributed by atoms with Crippen LogP contribution in [-0.2, 0) is 14.8 Å². The number of likely N-dealkylation sites (tertiary alicyclic amines) is 1. The first-order chi connectivity index (χ1) is 13.9. The summed E-state index contributed by atoms with van der Waals surface area (Å²) in [4.78, 5) is 14.2. The van der Waals surface area contributed by atoms with Gasteiger partial charge < -0.3 is 15.0 Å². The lowest BCUT2D eigenvalue weighted by Gasteiger charge is -2.34. The number of sulfonamides is 1. The molecule has 2 saturated heterocycles. The first-order valence-electron chi connectivity index (χ1n) is 10.7. The standard InChI is InChI=1S/C21H33N3O4S/c1-17-15-24(16-18(2)28-17)29(26,27)20-9-7-19(8-10-20)21(25)22-11-6-14-23-12-4-3-5-13-23/h7-10,17-18H,3-6,11-16H2,1-2H3,(H,22,25)/p+1/t17-,18-/m1/s1. The van der Waals surface area contributed by atoms with Crippen LogP contribution in [0.3, 0.4) is 0 Å². The second-order valence-corrected chi connectivity index (χ2v) is 10.2. The zero-order valence-electron chi connectivity index (χ0n) is 17.5. The van der Waals surface area contributed by atoms with Crippen molar-refractivity contribution in [2.45, 2.75) is 56.6 Å². The molecule has 0 aliphatic carbocycles. The third kappa shape index (κ3) is 6.01. The molecule has 8 heteroatoms. The number of nitrogens with one attached hydrogen (secondary N) is 2. The zero-order chi connectivity index (χ0) is 20.9. The van der Waals surface area contributed by atoms with E-state index >= 15 is 0 Å². The second-order valence-electron chi connectivity index (χ2n) is 8.27. The van der Waals surface area contributed by atoms with Crippen molar-refractivity contribution in [2.75, 3.05) is 39.3 Å². The average molecular weight is 425 g/mol. The maximum absolute atomic E-state index is 12.9. The van der Waals surface area contributed by atoms with Crippen molar-refractivity contribution in [2.24, 2.45) is 0 Å². The van der Waals surface area contributed by atoms with Gasteiger partial charge in [0.05, 0.1) is 36.7 Å². The van der Waals surface area contributed by atoms with Gasteiger partial charge in [0.25, 0.3) is 5.91 Å². The van der Waals surface area contributed by atoms with Crippen LogP contribution in [0.25, 0.3) is 0 Å². The largest absolute Gasteiger partial charge is 0.373 e. The molecule has 2 fully saturated rings. The lowest BCUT2D eigenvalue weighted by molar-refractivity contribution is -0.904. The number of hydrogen-bond donors (Lipinski definition) is 2. The second kappa shape index (κ2) is 10.0. The molecule has 29 heavy (non-hydrogen) atoms. The van der Waals surface area contributed by atoms with Crippen molar-refractivity contribution >= 4 is 15.9 Å². The van der Waals surface area contributed by atoms with Gasteiger partial charge in [0.2, 0.25) is 10.0 Å². The van der Waals surface area contributed by atoms with Crippen LogP contribution in [0, 0.1) is 0 Å². The monoisotopic (exact) mass is 424 g/mol. The molecule has 1 aromatic carbocycles. The summed E-state index contributed by atoms with van der Waals surface area (Å²) in [6, 6.07) is 6.22. The van der Waals surface area contributed by atoms with Gasteiger partial charge in [0.1, 0.15) is 0 Å². The topological polar surface area (TPSA) is 80.2 Å². The molecule has 0 bridgehead atoms. The first kappa shape index (κ1) is 22.2. The van der Waals surface area contributed by atoms with Crippen molar-refractivity contribution in [3.8, 4) is 0 Å². The maximum Gasteiger partial charge on any atom is 0.251 e. The summed E-state index contributed by atoms with van der Waals surface area (Å²) >= 11 is 0. The summed E-state index contributed by atoms with van der Waals surface area (Å²) in [6.45, 7) is 8.65. The number of nitrogens with zero attached hydrogens (tertiary/aromatic N) is 1. The van der Waals surface area contributed by atoms with Crippen molar-refractivity contribution in [3.63, 3.8) is 0 Å².